The Hall–Kier alpha value is -1.36. The summed E-state index contributed by atoms with van der Waals surface area (Å²) in [5.74, 6) is 0. The highest BCUT2D eigenvalue weighted by molar-refractivity contribution is 7.51. The molecule has 0 saturated carbocycles. The van der Waals surface area contributed by atoms with Gasteiger partial charge in [-0.25, -0.2) is 4.79 Å². The Kier molecular flexibility index (Phi) is 6.56. The molecule has 0 aliphatic heterocycles. The van der Waals surface area contributed by atoms with Gasteiger partial charge in [0.25, 0.3) is 0 Å². The second kappa shape index (κ2) is 7.94. The molecule has 6 nitrogen and oxygen atoms in total. The molecule has 106 valence electrons. The summed E-state index contributed by atoms with van der Waals surface area (Å²) in [5.41, 5.74) is 1.01. The maximum absolute atomic E-state index is 11.4. The summed E-state index contributed by atoms with van der Waals surface area (Å²) >= 11 is 0. The number of amides is 2. The van der Waals surface area contributed by atoms with Crippen LogP contribution in [0.2, 0.25) is 0 Å². The number of hydrogen-bond acceptors (Lipinski definition) is 2. The number of benzene rings is 1. The van der Waals surface area contributed by atoms with Gasteiger partial charge in [-0.1, -0.05) is 30.3 Å². The molecule has 0 saturated heterocycles. The van der Waals surface area contributed by atoms with E-state index in [1.54, 1.807) is 0 Å². The Labute approximate surface area is 112 Å². The summed E-state index contributed by atoms with van der Waals surface area (Å²) in [6, 6.07) is 9.26. The second-order valence-electron chi connectivity index (χ2n) is 4.19. The maximum atomic E-state index is 11.4. The van der Waals surface area contributed by atoms with E-state index in [9.17, 15) is 9.36 Å². The molecule has 1 aromatic rings. The third kappa shape index (κ3) is 8.37. The van der Waals surface area contributed by atoms with Crippen LogP contribution in [-0.2, 0) is 11.1 Å². The summed E-state index contributed by atoms with van der Waals surface area (Å²) in [6.45, 7) is 0.857. The van der Waals surface area contributed by atoms with Crippen LogP contribution in [0.4, 0.5) is 4.79 Å². The lowest BCUT2D eigenvalue weighted by Crippen LogP contribution is -2.35. The molecule has 0 atom stereocenters. The lowest BCUT2D eigenvalue weighted by molar-refractivity contribution is 0.240. The normalized spacial score (nSPS) is 11.1. The highest BCUT2D eigenvalue weighted by atomic mass is 31.2. The van der Waals surface area contributed by atoms with Crippen molar-refractivity contribution in [2.75, 3.05) is 12.7 Å². The number of carbonyl (C=O) groups excluding carboxylic acids is 1. The van der Waals surface area contributed by atoms with E-state index in [0.717, 1.165) is 5.56 Å². The van der Waals surface area contributed by atoms with Gasteiger partial charge in [0.2, 0.25) is 0 Å². The van der Waals surface area contributed by atoms with Crippen LogP contribution < -0.4 is 10.6 Å². The molecule has 1 aromatic carbocycles. The quantitative estimate of drug-likeness (QED) is 0.450. The number of hydrogen-bond donors (Lipinski definition) is 4. The zero-order valence-electron chi connectivity index (χ0n) is 10.6. The van der Waals surface area contributed by atoms with Crippen molar-refractivity contribution in [1.29, 1.82) is 0 Å². The molecule has 0 aliphatic carbocycles. The van der Waals surface area contributed by atoms with Crippen molar-refractivity contribution in [2.45, 2.75) is 19.4 Å². The molecular weight excluding hydrogens is 267 g/mol. The van der Waals surface area contributed by atoms with Crippen molar-refractivity contribution in [2.24, 2.45) is 0 Å². The fourth-order valence-electron chi connectivity index (χ4n) is 1.49. The standard InChI is InChI=1S/C12H19N2O4P/c15-12(13-8-4-5-9-19(16,17)18)14-10-11-6-2-1-3-7-11/h1-3,6-7H,4-5,8-10H2,(H2,13,14,15)(H2,16,17,18). The van der Waals surface area contributed by atoms with E-state index >= 15 is 0 Å². The zero-order chi connectivity index (χ0) is 14.1. The summed E-state index contributed by atoms with van der Waals surface area (Å²) in [6.07, 6.45) is 0.799. The average Bonchev–Trinajstić information content (AvgIpc) is 2.36. The number of rotatable bonds is 7. The highest BCUT2D eigenvalue weighted by Crippen LogP contribution is 2.35. The van der Waals surface area contributed by atoms with E-state index in [-0.39, 0.29) is 12.2 Å². The Balaban J connectivity index is 2.07. The van der Waals surface area contributed by atoms with Gasteiger partial charge in [0.1, 0.15) is 0 Å². The monoisotopic (exact) mass is 286 g/mol. The molecule has 4 N–H and O–H groups in total. The average molecular weight is 286 g/mol. The summed E-state index contributed by atoms with van der Waals surface area (Å²) in [4.78, 5) is 28.7. The highest BCUT2D eigenvalue weighted by Gasteiger charge is 2.11. The molecule has 19 heavy (non-hydrogen) atoms. The molecule has 0 bridgehead atoms. The minimum atomic E-state index is -3.91. The molecule has 0 spiro atoms. The number of urea groups is 1. The van der Waals surface area contributed by atoms with Gasteiger partial charge in [-0.3, -0.25) is 4.57 Å². The zero-order valence-corrected chi connectivity index (χ0v) is 11.5. The topological polar surface area (TPSA) is 98.7 Å². The first kappa shape index (κ1) is 15.7. The number of unbranched alkanes of at least 4 members (excludes halogenated alkanes) is 1. The van der Waals surface area contributed by atoms with Crippen LogP contribution in [0.25, 0.3) is 0 Å². The Morgan fingerprint density at radius 2 is 1.79 bits per heavy atom. The maximum Gasteiger partial charge on any atom is 0.325 e. The van der Waals surface area contributed by atoms with Crippen LogP contribution in [0.15, 0.2) is 30.3 Å². The molecule has 0 fully saturated rings. The van der Waals surface area contributed by atoms with Gasteiger partial charge in [0, 0.05) is 19.3 Å². The summed E-state index contributed by atoms with van der Waals surface area (Å²) < 4.78 is 10.6. The molecule has 0 aliphatic rings. The third-order valence-corrected chi connectivity index (χ3v) is 3.36. The first-order valence-electron chi connectivity index (χ1n) is 6.07. The second-order valence-corrected chi connectivity index (χ2v) is 5.97. The Bertz CT molecular complexity index is 433. The Morgan fingerprint density at radius 1 is 1.11 bits per heavy atom. The fraction of sp³-hybridized carbons (Fsp3) is 0.417. The molecule has 7 heteroatoms. The molecule has 1 rings (SSSR count). The smallest absolute Gasteiger partial charge is 0.325 e. The summed E-state index contributed by atoms with van der Waals surface area (Å²) in [5, 5.41) is 5.34. The number of carbonyl (C=O) groups is 1. The predicted octanol–water partition coefficient (Wildman–Crippen LogP) is 1.44. The van der Waals surface area contributed by atoms with Gasteiger partial charge >= 0.3 is 13.6 Å². The van der Waals surface area contributed by atoms with Crippen LogP contribution in [0.1, 0.15) is 18.4 Å². The fourth-order valence-corrected chi connectivity index (χ4v) is 2.12. The molecular formula is C12H19N2O4P. The predicted molar refractivity (Wildman–Crippen MR) is 72.8 cm³/mol. The van der Waals surface area contributed by atoms with Crippen molar-refractivity contribution < 1.29 is 19.1 Å². The van der Waals surface area contributed by atoms with E-state index in [4.69, 9.17) is 9.79 Å². The van der Waals surface area contributed by atoms with E-state index in [1.807, 2.05) is 30.3 Å². The van der Waals surface area contributed by atoms with Crippen LogP contribution in [-0.4, -0.2) is 28.5 Å². The van der Waals surface area contributed by atoms with Gasteiger partial charge in [-0.2, -0.15) is 0 Å². The van der Waals surface area contributed by atoms with E-state index in [0.29, 0.717) is 25.9 Å². The number of nitrogens with one attached hydrogen (secondary N) is 2. The third-order valence-electron chi connectivity index (χ3n) is 2.46. The van der Waals surface area contributed by atoms with Gasteiger partial charge in [-0.05, 0) is 18.4 Å². The van der Waals surface area contributed by atoms with Gasteiger partial charge < -0.3 is 20.4 Å². The lowest BCUT2D eigenvalue weighted by atomic mass is 10.2. The SMILES string of the molecule is O=C(NCCCCP(=O)(O)O)NCc1ccccc1. The molecule has 0 radical (unpaired) electrons. The van der Waals surface area contributed by atoms with Crippen molar-refractivity contribution >= 4 is 13.6 Å². The molecule has 0 unspecified atom stereocenters. The summed E-state index contributed by atoms with van der Waals surface area (Å²) in [7, 11) is -3.91. The first-order valence-corrected chi connectivity index (χ1v) is 7.87. The van der Waals surface area contributed by atoms with Crippen molar-refractivity contribution in [1.82, 2.24) is 10.6 Å². The molecule has 2 amide bonds. The van der Waals surface area contributed by atoms with E-state index in [2.05, 4.69) is 10.6 Å². The molecule has 0 heterocycles. The Morgan fingerprint density at radius 3 is 2.42 bits per heavy atom. The van der Waals surface area contributed by atoms with Gasteiger partial charge in [0.05, 0.1) is 0 Å². The minimum absolute atomic E-state index is 0.139. The van der Waals surface area contributed by atoms with E-state index < -0.39 is 7.60 Å². The van der Waals surface area contributed by atoms with Crippen LogP contribution >= 0.6 is 7.60 Å². The lowest BCUT2D eigenvalue weighted by Gasteiger charge is -2.08. The van der Waals surface area contributed by atoms with E-state index in [1.165, 1.54) is 0 Å². The first-order chi connectivity index (χ1) is 8.97. The van der Waals surface area contributed by atoms with Crippen molar-refractivity contribution in [3.63, 3.8) is 0 Å². The molecule has 0 aromatic heterocycles. The van der Waals surface area contributed by atoms with Gasteiger partial charge in [-0.15, -0.1) is 0 Å². The van der Waals surface area contributed by atoms with Crippen molar-refractivity contribution in [3.8, 4) is 0 Å². The van der Waals surface area contributed by atoms with Crippen molar-refractivity contribution in [3.05, 3.63) is 35.9 Å². The minimum Gasteiger partial charge on any atom is -0.338 e. The van der Waals surface area contributed by atoms with Crippen LogP contribution in [0, 0.1) is 0 Å². The largest absolute Gasteiger partial charge is 0.338 e. The van der Waals surface area contributed by atoms with Gasteiger partial charge in [0.15, 0.2) is 0 Å². The van der Waals surface area contributed by atoms with Crippen LogP contribution in [0.3, 0.4) is 0 Å². The van der Waals surface area contributed by atoms with Crippen LogP contribution in [0.5, 0.6) is 0 Å².